The van der Waals surface area contributed by atoms with Crippen molar-refractivity contribution in [2.24, 2.45) is 0 Å². The van der Waals surface area contributed by atoms with Crippen molar-refractivity contribution in [2.75, 3.05) is 25.2 Å². The summed E-state index contributed by atoms with van der Waals surface area (Å²) in [5, 5.41) is 3.21. The summed E-state index contributed by atoms with van der Waals surface area (Å²) in [6.07, 6.45) is 0. The van der Waals surface area contributed by atoms with E-state index in [4.69, 9.17) is 17.3 Å². The largest absolute Gasteiger partial charge is 0.465 e. The zero-order valence-electron chi connectivity index (χ0n) is 7.93. The van der Waals surface area contributed by atoms with Crippen LogP contribution >= 0.6 is 11.6 Å². The molecule has 0 spiro atoms. The number of ether oxygens (including phenoxy) is 1. The maximum atomic E-state index is 11.3. The molecule has 0 aliphatic heterocycles. The standard InChI is InChI=1S/C9H11ClN2O2/c1-12-8-6(9(13)14-2)3-5(11)4-7(8)10/h3-4,12H,11H2,1-2H3. The highest BCUT2D eigenvalue weighted by atomic mass is 35.5. The van der Waals surface area contributed by atoms with Gasteiger partial charge in [0.15, 0.2) is 0 Å². The summed E-state index contributed by atoms with van der Waals surface area (Å²) in [6.45, 7) is 0. The Morgan fingerprint density at radius 2 is 2.21 bits per heavy atom. The van der Waals surface area contributed by atoms with Gasteiger partial charge >= 0.3 is 5.97 Å². The zero-order valence-corrected chi connectivity index (χ0v) is 8.68. The first-order valence-corrected chi connectivity index (χ1v) is 4.33. The fourth-order valence-corrected chi connectivity index (χ4v) is 1.47. The minimum absolute atomic E-state index is 0.333. The average Bonchev–Trinajstić information content (AvgIpc) is 2.15. The maximum absolute atomic E-state index is 11.3. The second-order valence-corrected chi connectivity index (χ2v) is 3.07. The Kier molecular flexibility index (Phi) is 3.19. The van der Waals surface area contributed by atoms with Gasteiger partial charge in [-0.15, -0.1) is 0 Å². The number of carbonyl (C=O) groups excluding carboxylic acids is 1. The molecule has 0 aromatic heterocycles. The number of nitrogens with one attached hydrogen (secondary N) is 1. The summed E-state index contributed by atoms with van der Waals surface area (Å²) in [6, 6.07) is 3.09. The van der Waals surface area contributed by atoms with Gasteiger partial charge in [0.2, 0.25) is 0 Å². The summed E-state index contributed by atoms with van der Waals surface area (Å²) < 4.78 is 4.60. The van der Waals surface area contributed by atoms with E-state index < -0.39 is 5.97 Å². The maximum Gasteiger partial charge on any atom is 0.340 e. The molecule has 1 rings (SSSR count). The minimum Gasteiger partial charge on any atom is -0.465 e. The number of benzene rings is 1. The third-order valence-corrected chi connectivity index (χ3v) is 2.07. The highest BCUT2D eigenvalue weighted by molar-refractivity contribution is 6.34. The Balaban J connectivity index is 3.32. The number of carbonyl (C=O) groups is 1. The van der Waals surface area contributed by atoms with E-state index in [2.05, 4.69) is 10.1 Å². The fraction of sp³-hybridized carbons (Fsp3) is 0.222. The van der Waals surface area contributed by atoms with Crippen LogP contribution in [-0.2, 0) is 4.74 Å². The molecule has 3 N–H and O–H groups in total. The molecule has 0 aliphatic rings. The molecule has 0 aliphatic carbocycles. The van der Waals surface area contributed by atoms with Crippen LogP contribution in [0.1, 0.15) is 10.4 Å². The summed E-state index contributed by atoms with van der Waals surface area (Å²) in [4.78, 5) is 11.3. The normalized spacial score (nSPS) is 9.64. The van der Waals surface area contributed by atoms with Gasteiger partial charge in [-0.25, -0.2) is 4.79 Å². The Hall–Kier alpha value is -1.42. The van der Waals surface area contributed by atoms with Gasteiger partial charge in [-0.05, 0) is 12.1 Å². The van der Waals surface area contributed by atoms with E-state index in [-0.39, 0.29) is 0 Å². The summed E-state index contributed by atoms with van der Waals surface area (Å²) in [5.41, 5.74) is 6.84. The van der Waals surface area contributed by atoms with E-state index >= 15 is 0 Å². The van der Waals surface area contributed by atoms with Gasteiger partial charge < -0.3 is 15.8 Å². The van der Waals surface area contributed by atoms with Crippen LogP contribution in [0.15, 0.2) is 12.1 Å². The van der Waals surface area contributed by atoms with Crippen molar-refractivity contribution in [1.29, 1.82) is 0 Å². The molecule has 0 radical (unpaired) electrons. The number of esters is 1. The van der Waals surface area contributed by atoms with Crippen LogP contribution in [0.25, 0.3) is 0 Å². The highest BCUT2D eigenvalue weighted by Gasteiger charge is 2.14. The van der Waals surface area contributed by atoms with Crippen molar-refractivity contribution in [3.63, 3.8) is 0 Å². The molecule has 0 heterocycles. The lowest BCUT2D eigenvalue weighted by molar-refractivity contribution is 0.0602. The summed E-state index contributed by atoms with van der Waals surface area (Å²) >= 11 is 5.89. The molecule has 76 valence electrons. The second kappa shape index (κ2) is 4.19. The number of anilines is 2. The molecule has 0 atom stereocenters. The predicted molar refractivity (Wildman–Crippen MR) is 56.8 cm³/mol. The number of nitrogens with two attached hydrogens (primary N) is 1. The molecule has 14 heavy (non-hydrogen) atoms. The lowest BCUT2D eigenvalue weighted by Gasteiger charge is -2.10. The lowest BCUT2D eigenvalue weighted by atomic mass is 10.1. The molecule has 5 heteroatoms. The van der Waals surface area contributed by atoms with E-state index in [1.165, 1.54) is 13.2 Å². The highest BCUT2D eigenvalue weighted by Crippen LogP contribution is 2.29. The van der Waals surface area contributed by atoms with Gasteiger partial charge in [0, 0.05) is 12.7 Å². The number of halogens is 1. The minimum atomic E-state index is -0.469. The lowest BCUT2D eigenvalue weighted by Crippen LogP contribution is -2.07. The zero-order chi connectivity index (χ0) is 10.7. The van der Waals surface area contributed by atoms with Crippen molar-refractivity contribution in [3.8, 4) is 0 Å². The van der Waals surface area contributed by atoms with Crippen LogP contribution in [-0.4, -0.2) is 20.1 Å². The number of hydrogen-bond donors (Lipinski definition) is 2. The molecular weight excluding hydrogens is 204 g/mol. The molecule has 1 aromatic carbocycles. The van der Waals surface area contributed by atoms with E-state index in [1.807, 2.05) is 0 Å². The van der Waals surface area contributed by atoms with Crippen molar-refractivity contribution in [2.45, 2.75) is 0 Å². The first-order chi connectivity index (χ1) is 6.60. The van der Waals surface area contributed by atoms with Gasteiger partial charge in [0.1, 0.15) is 0 Å². The first-order valence-electron chi connectivity index (χ1n) is 3.95. The Bertz CT molecular complexity index is 366. The fourth-order valence-electron chi connectivity index (χ4n) is 1.15. The van der Waals surface area contributed by atoms with Gasteiger partial charge in [-0.2, -0.15) is 0 Å². The number of nitrogen functional groups attached to an aromatic ring is 1. The first kappa shape index (κ1) is 10.7. The topological polar surface area (TPSA) is 64.3 Å². The molecule has 4 nitrogen and oxygen atoms in total. The van der Waals surface area contributed by atoms with E-state index in [0.717, 1.165) is 0 Å². The molecule has 0 unspecified atom stereocenters. The van der Waals surface area contributed by atoms with Crippen LogP contribution in [0.3, 0.4) is 0 Å². The number of rotatable bonds is 2. The monoisotopic (exact) mass is 214 g/mol. The van der Waals surface area contributed by atoms with Crippen molar-refractivity contribution in [1.82, 2.24) is 0 Å². The Morgan fingerprint density at radius 1 is 1.57 bits per heavy atom. The summed E-state index contributed by atoms with van der Waals surface area (Å²) in [5.74, 6) is -0.469. The molecule has 1 aromatic rings. The second-order valence-electron chi connectivity index (χ2n) is 2.67. The number of methoxy groups -OCH3 is 1. The molecule has 0 saturated heterocycles. The van der Waals surface area contributed by atoms with Crippen molar-refractivity contribution >= 4 is 28.9 Å². The van der Waals surface area contributed by atoms with Gasteiger partial charge in [-0.1, -0.05) is 11.6 Å². The summed E-state index contributed by atoms with van der Waals surface area (Å²) in [7, 11) is 2.97. The molecule has 0 amide bonds. The number of hydrogen-bond acceptors (Lipinski definition) is 4. The van der Waals surface area contributed by atoms with Crippen LogP contribution in [0, 0.1) is 0 Å². The van der Waals surface area contributed by atoms with Gasteiger partial charge in [0.05, 0.1) is 23.4 Å². The smallest absolute Gasteiger partial charge is 0.340 e. The average molecular weight is 215 g/mol. The van der Waals surface area contributed by atoms with E-state index in [0.29, 0.717) is 22.0 Å². The van der Waals surface area contributed by atoms with Crippen LogP contribution in [0.4, 0.5) is 11.4 Å². The van der Waals surface area contributed by atoms with Crippen LogP contribution in [0.5, 0.6) is 0 Å². The molecule has 0 fully saturated rings. The van der Waals surface area contributed by atoms with E-state index in [1.54, 1.807) is 13.1 Å². The Labute approximate surface area is 87.0 Å². The van der Waals surface area contributed by atoms with Gasteiger partial charge in [0.25, 0.3) is 0 Å². The molecule has 0 bridgehead atoms. The third-order valence-electron chi connectivity index (χ3n) is 1.77. The van der Waals surface area contributed by atoms with Crippen molar-refractivity contribution in [3.05, 3.63) is 22.7 Å². The predicted octanol–water partition coefficient (Wildman–Crippen LogP) is 1.75. The van der Waals surface area contributed by atoms with Crippen LogP contribution in [0.2, 0.25) is 5.02 Å². The third kappa shape index (κ3) is 1.90. The van der Waals surface area contributed by atoms with Crippen LogP contribution < -0.4 is 11.1 Å². The molecule has 0 saturated carbocycles. The molecular formula is C9H11ClN2O2. The Morgan fingerprint density at radius 3 is 2.71 bits per heavy atom. The SMILES string of the molecule is CNc1c(Cl)cc(N)cc1C(=O)OC. The quantitative estimate of drug-likeness (QED) is 0.582. The van der Waals surface area contributed by atoms with Gasteiger partial charge in [-0.3, -0.25) is 0 Å². The van der Waals surface area contributed by atoms with Crippen molar-refractivity contribution < 1.29 is 9.53 Å². The van der Waals surface area contributed by atoms with E-state index in [9.17, 15) is 4.79 Å².